The van der Waals surface area contributed by atoms with E-state index in [1.807, 2.05) is 18.2 Å². The highest BCUT2D eigenvalue weighted by Crippen LogP contribution is 2.36. The van der Waals surface area contributed by atoms with Gasteiger partial charge in [0.15, 0.2) is 17.2 Å². The molecule has 0 radical (unpaired) electrons. The molecule has 0 bridgehead atoms. The van der Waals surface area contributed by atoms with Crippen molar-refractivity contribution >= 4 is 35.0 Å². The van der Waals surface area contributed by atoms with Crippen LogP contribution < -0.4 is 14.8 Å². The molecule has 34 heavy (non-hydrogen) atoms. The largest absolute Gasteiger partial charge is 0.490 e. The number of rotatable bonds is 2. The van der Waals surface area contributed by atoms with Crippen LogP contribution in [0, 0.1) is 0 Å². The highest BCUT2D eigenvalue weighted by atomic mass is 35.5. The van der Waals surface area contributed by atoms with E-state index in [2.05, 4.69) is 5.32 Å². The first-order chi connectivity index (χ1) is 16.5. The number of ether oxygens (including phenoxy) is 2. The highest BCUT2D eigenvalue weighted by molar-refractivity contribution is 6.31. The summed E-state index contributed by atoms with van der Waals surface area (Å²) in [6.45, 7) is 1.37. The number of hydrogen-bond acceptors (Lipinski definition) is 5. The summed E-state index contributed by atoms with van der Waals surface area (Å²) >= 11 is 6.17. The third kappa shape index (κ3) is 6.20. The number of benzene rings is 2. The highest BCUT2D eigenvalue weighted by Gasteiger charge is 2.26. The number of para-hydroxylation sites is 2. The Morgan fingerprint density at radius 2 is 1.79 bits per heavy atom. The van der Waals surface area contributed by atoms with Gasteiger partial charge in [-0.1, -0.05) is 23.7 Å². The van der Waals surface area contributed by atoms with Gasteiger partial charge in [-0.3, -0.25) is 14.4 Å². The molecule has 2 aromatic rings. The minimum absolute atomic E-state index is 0.00391. The number of hydrogen-bond donors (Lipinski definition) is 1. The van der Waals surface area contributed by atoms with Gasteiger partial charge in [0.25, 0.3) is 0 Å². The van der Waals surface area contributed by atoms with Gasteiger partial charge >= 0.3 is 0 Å². The lowest BCUT2D eigenvalue weighted by Gasteiger charge is -2.25. The number of amides is 3. The monoisotopic (exact) mass is 485 g/mol. The zero-order chi connectivity index (χ0) is 23.9. The second-order valence-corrected chi connectivity index (χ2v) is 8.82. The minimum Gasteiger partial charge on any atom is -0.490 e. The fourth-order valence-electron chi connectivity index (χ4n) is 4.01. The second kappa shape index (κ2) is 11.2. The molecule has 180 valence electrons. The molecule has 2 heterocycles. The van der Waals surface area contributed by atoms with Crippen LogP contribution in [0.1, 0.15) is 32.1 Å². The molecule has 2 aromatic carbocycles. The van der Waals surface area contributed by atoms with Gasteiger partial charge in [0.05, 0.1) is 25.4 Å². The standard InChI is InChI=1S/C25H28ClN3O5/c26-18-10-11-20-19(15-18)27-23(30)16-28(25(32)17-29-13-6-9-24(29)31)12-4-1-5-14-33-21-7-2-3-8-22(21)34-20/h2-3,7-8,10-11,15H,1,4-6,9,12-14,16-17H2,(H,27,30). The predicted molar refractivity (Wildman–Crippen MR) is 128 cm³/mol. The van der Waals surface area contributed by atoms with Crippen molar-refractivity contribution in [3.05, 3.63) is 47.5 Å². The quantitative estimate of drug-likeness (QED) is 0.692. The summed E-state index contributed by atoms with van der Waals surface area (Å²) in [5.41, 5.74) is 0.393. The minimum atomic E-state index is -0.368. The summed E-state index contributed by atoms with van der Waals surface area (Å²) in [6, 6.07) is 12.3. The van der Waals surface area contributed by atoms with Gasteiger partial charge in [0, 0.05) is 24.5 Å². The molecule has 3 amide bonds. The van der Waals surface area contributed by atoms with Crippen LogP contribution in [0.2, 0.25) is 5.02 Å². The number of halogens is 1. The lowest BCUT2D eigenvalue weighted by molar-refractivity contribution is -0.139. The molecule has 1 saturated heterocycles. The number of carbonyl (C=O) groups is 3. The van der Waals surface area contributed by atoms with Gasteiger partial charge in [-0.2, -0.15) is 0 Å². The van der Waals surface area contributed by atoms with Gasteiger partial charge in [-0.25, -0.2) is 0 Å². The fraction of sp³-hybridized carbons (Fsp3) is 0.400. The molecular formula is C25H28ClN3O5. The van der Waals surface area contributed by atoms with E-state index in [4.69, 9.17) is 21.1 Å². The third-order valence-electron chi connectivity index (χ3n) is 5.80. The molecule has 0 unspecified atom stereocenters. The van der Waals surface area contributed by atoms with Crippen molar-refractivity contribution in [1.82, 2.24) is 9.80 Å². The summed E-state index contributed by atoms with van der Waals surface area (Å²) in [5, 5.41) is 3.26. The first kappa shape index (κ1) is 23.9. The number of nitrogens with one attached hydrogen (secondary N) is 1. The van der Waals surface area contributed by atoms with Crippen molar-refractivity contribution in [2.45, 2.75) is 32.1 Å². The van der Waals surface area contributed by atoms with Crippen LogP contribution in [0.15, 0.2) is 42.5 Å². The number of likely N-dealkylation sites (tertiary alicyclic amines) is 1. The van der Waals surface area contributed by atoms with Crippen molar-refractivity contribution in [1.29, 1.82) is 0 Å². The first-order valence-electron chi connectivity index (χ1n) is 11.5. The Morgan fingerprint density at radius 1 is 0.971 bits per heavy atom. The SMILES string of the molecule is O=C1CN(C(=O)CN2CCCC2=O)CCCCCOc2ccccc2Oc2ccc(Cl)cc2N1. The Balaban J connectivity index is 1.55. The van der Waals surface area contributed by atoms with Gasteiger partial charge in [-0.05, 0) is 56.0 Å². The Labute approximate surface area is 203 Å². The van der Waals surface area contributed by atoms with E-state index in [0.717, 1.165) is 25.7 Å². The molecule has 4 rings (SSSR count). The number of fused-ring (bicyclic) bond motifs is 2. The molecule has 0 spiro atoms. The molecule has 0 atom stereocenters. The second-order valence-electron chi connectivity index (χ2n) is 8.38. The molecule has 2 aliphatic rings. The van der Waals surface area contributed by atoms with Gasteiger partial charge in [0.2, 0.25) is 17.7 Å². The van der Waals surface area contributed by atoms with E-state index >= 15 is 0 Å². The van der Waals surface area contributed by atoms with Crippen molar-refractivity contribution in [3.63, 3.8) is 0 Å². The summed E-state index contributed by atoms with van der Waals surface area (Å²) in [4.78, 5) is 41.0. The zero-order valence-electron chi connectivity index (χ0n) is 18.9. The molecule has 0 aromatic heterocycles. The zero-order valence-corrected chi connectivity index (χ0v) is 19.7. The van der Waals surface area contributed by atoms with Crippen molar-refractivity contribution in [2.75, 3.05) is 38.1 Å². The van der Waals surface area contributed by atoms with Gasteiger partial charge in [0.1, 0.15) is 0 Å². The number of carbonyl (C=O) groups excluding carboxylic acids is 3. The van der Waals surface area contributed by atoms with Crippen LogP contribution in [0.4, 0.5) is 5.69 Å². The number of anilines is 1. The summed E-state index contributed by atoms with van der Waals surface area (Å²) < 4.78 is 12.0. The third-order valence-corrected chi connectivity index (χ3v) is 6.03. The average Bonchev–Trinajstić information content (AvgIpc) is 3.21. The topological polar surface area (TPSA) is 88.2 Å². The van der Waals surface area contributed by atoms with Crippen LogP contribution in [0.3, 0.4) is 0 Å². The smallest absolute Gasteiger partial charge is 0.244 e. The van der Waals surface area contributed by atoms with E-state index < -0.39 is 0 Å². The maximum absolute atomic E-state index is 13.0. The lowest BCUT2D eigenvalue weighted by Crippen LogP contribution is -2.44. The van der Waals surface area contributed by atoms with Crippen molar-refractivity contribution in [3.8, 4) is 17.2 Å². The molecule has 1 N–H and O–H groups in total. The first-order valence-corrected chi connectivity index (χ1v) is 11.9. The van der Waals surface area contributed by atoms with Crippen molar-refractivity contribution in [2.24, 2.45) is 0 Å². The lowest BCUT2D eigenvalue weighted by atomic mass is 10.2. The molecule has 1 fully saturated rings. The summed E-state index contributed by atoms with van der Waals surface area (Å²) in [5.74, 6) is 0.922. The molecular weight excluding hydrogens is 458 g/mol. The van der Waals surface area contributed by atoms with E-state index in [0.29, 0.717) is 54.1 Å². The Hall–Kier alpha value is -3.26. The van der Waals surface area contributed by atoms with Crippen LogP contribution in [-0.2, 0) is 14.4 Å². The Morgan fingerprint density at radius 3 is 2.59 bits per heavy atom. The van der Waals surface area contributed by atoms with E-state index in [-0.39, 0.29) is 30.8 Å². The van der Waals surface area contributed by atoms with Gasteiger partial charge < -0.3 is 24.6 Å². The van der Waals surface area contributed by atoms with E-state index in [1.54, 1.807) is 29.2 Å². The average molecular weight is 486 g/mol. The van der Waals surface area contributed by atoms with Crippen LogP contribution in [0.25, 0.3) is 0 Å². The van der Waals surface area contributed by atoms with E-state index in [9.17, 15) is 14.4 Å². The van der Waals surface area contributed by atoms with E-state index in [1.165, 1.54) is 4.90 Å². The van der Waals surface area contributed by atoms with Gasteiger partial charge in [-0.15, -0.1) is 0 Å². The molecule has 2 aliphatic heterocycles. The molecule has 9 heteroatoms. The van der Waals surface area contributed by atoms with Crippen LogP contribution in [-0.4, -0.2) is 60.3 Å². The van der Waals surface area contributed by atoms with Crippen LogP contribution in [0.5, 0.6) is 17.2 Å². The Bertz CT molecular complexity index is 1060. The molecule has 8 nitrogen and oxygen atoms in total. The number of nitrogens with zero attached hydrogens (tertiary/aromatic N) is 2. The summed E-state index contributed by atoms with van der Waals surface area (Å²) in [6.07, 6.45) is 3.56. The Kier molecular flexibility index (Phi) is 7.90. The summed E-state index contributed by atoms with van der Waals surface area (Å²) in [7, 11) is 0. The molecule has 0 saturated carbocycles. The molecule has 0 aliphatic carbocycles. The normalized spacial score (nSPS) is 17.4. The predicted octanol–water partition coefficient (Wildman–Crippen LogP) is 4.08. The fourth-order valence-corrected chi connectivity index (χ4v) is 4.19. The van der Waals surface area contributed by atoms with Crippen LogP contribution >= 0.6 is 11.6 Å². The van der Waals surface area contributed by atoms with Crippen molar-refractivity contribution < 1.29 is 23.9 Å². The maximum atomic E-state index is 13.0. The maximum Gasteiger partial charge on any atom is 0.244 e.